The van der Waals surface area contributed by atoms with Gasteiger partial charge in [0.15, 0.2) is 0 Å². The number of thiophene rings is 1. The second kappa shape index (κ2) is 7.95. The number of benzene rings is 1. The molecule has 0 radical (unpaired) electrons. The number of aliphatic carboxylic acids is 1. The molecule has 0 atom stereocenters. The summed E-state index contributed by atoms with van der Waals surface area (Å²) in [4.78, 5) is 15.8. The molecule has 138 valence electrons. The van der Waals surface area contributed by atoms with Crippen molar-refractivity contribution in [2.45, 2.75) is 32.1 Å². The highest BCUT2D eigenvalue weighted by Gasteiger charge is 2.25. The van der Waals surface area contributed by atoms with E-state index in [9.17, 15) is 9.90 Å². The lowest BCUT2D eigenvalue weighted by Gasteiger charge is -2.27. The molecule has 1 aliphatic carbocycles. The van der Waals surface area contributed by atoms with Crippen LogP contribution in [-0.2, 0) is 24.1 Å². The Labute approximate surface area is 164 Å². The van der Waals surface area contributed by atoms with Gasteiger partial charge < -0.3 is 10.0 Å². The Balaban J connectivity index is 0.00000196. The van der Waals surface area contributed by atoms with Crippen LogP contribution >= 0.6 is 23.7 Å². The minimum absolute atomic E-state index is 0. The second-order valence-corrected chi connectivity index (χ2v) is 8.21. The SMILES string of the molecule is CN1CCC(=C2c3ccccc3CCc3cc(CC(=O)O)sc32)CC1.Cl. The summed E-state index contributed by atoms with van der Waals surface area (Å²) in [6.07, 6.45) is 4.37. The van der Waals surface area contributed by atoms with Gasteiger partial charge in [0, 0.05) is 22.8 Å². The molecule has 0 saturated carbocycles. The van der Waals surface area contributed by atoms with E-state index in [1.54, 1.807) is 11.3 Å². The lowest BCUT2D eigenvalue weighted by molar-refractivity contribution is -0.136. The van der Waals surface area contributed by atoms with Crippen LogP contribution in [0.4, 0.5) is 0 Å². The summed E-state index contributed by atoms with van der Waals surface area (Å²) in [7, 11) is 2.18. The van der Waals surface area contributed by atoms with Crippen LogP contribution in [0.1, 0.15) is 39.3 Å². The van der Waals surface area contributed by atoms with Crippen LogP contribution in [-0.4, -0.2) is 36.1 Å². The fourth-order valence-electron chi connectivity index (χ4n) is 3.98. The van der Waals surface area contributed by atoms with Gasteiger partial charge in [-0.05, 0) is 61.1 Å². The third-order valence-corrected chi connectivity index (χ3v) is 6.50. The summed E-state index contributed by atoms with van der Waals surface area (Å²) in [5.74, 6) is -0.745. The van der Waals surface area contributed by atoms with Gasteiger partial charge >= 0.3 is 5.97 Å². The highest BCUT2D eigenvalue weighted by molar-refractivity contribution is 7.13. The van der Waals surface area contributed by atoms with Gasteiger partial charge in [0.25, 0.3) is 0 Å². The fraction of sp³-hybridized carbons (Fsp3) is 0.381. The molecule has 2 heterocycles. The number of carbonyl (C=O) groups is 1. The van der Waals surface area contributed by atoms with Crippen molar-refractivity contribution in [1.82, 2.24) is 4.90 Å². The minimum Gasteiger partial charge on any atom is -0.481 e. The average Bonchev–Trinajstić information content (AvgIpc) is 2.90. The zero-order valence-corrected chi connectivity index (χ0v) is 16.6. The van der Waals surface area contributed by atoms with Crippen molar-refractivity contribution in [2.75, 3.05) is 20.1 Å². The molecule has 1 fully saturated rings. The highest BCUT2D eigenvalue weighted by Crippen LogP contribution is 2.42. The Morgan fingerprint density at radius 2 is 1.81 bits per heavy atom. The van der Waals surface area contributed by atoms with Gasteiger partial charge in [0.1, 0.15) is 0 Å². The number of rotatable bonds is 2. The third-order valence-electron chi connectivity index (χ3n) is 5.31. The van der Waals surface area contributed by atoms with Crippen molar-refractivity contribution in [3.63, 3.8) is 0 Å². The Hall–Kier alpha value is -1.62. The molecule has 4 rings (SSSR count). The molecule has 1 aromatic carbocycles. The molecular formula is C21H24ClNO2S. The summed E-state index contributed by atoms with van der Waals surface area (Å²) < 4.78 is 0. The topological polar surface area (TPSA) is 40.5 Å². The largest absolute Gasteiger partial charge is 0.481 e. The van der Waals surface area contributed by atoms with E-state index in [0.29, 0.717) is 0 Å². The van der Waals surface area contributed by atoms with E-state index in [0.717, 1.165) is 43.6 Å². The molecule has 0 spiro atoms. The average molecular weight is 390 g/mol. The van der Waals surface area contributed by atoms with Gasteiger partial charge in [-0.1, -0.05) is 29.8 Å². The maximum atomic E-state index is 11.2. The van der Waals surface area contributed by atoms with Crippen molar-refractivity contribution >= 4 is 35.3 Å². The zero-order chi connectivity index (χ0) is 17.4. The number of hydrogen-bond donors (Lipinski definition) is 1. The summed E-state index contributed by atoms with van der Waals surface area (Å²) in [5.41, 5.74) is 7.06. The van der Waals surface area contributed by atoms with Gasteiger partial charge in [0.05, 0.1) is 6.42 Å². The third kappa shape index (κ3) is 3.73. The van der Waals surface area contributed by atoms with Crippen LogP contribution in [0.25, 0.3) is 5.57 Å². The molecule has 0 amide bonds. The molecule has 1 saturated heterocycles. The molecule has 0 unspecified atom stereocenters. The van der Waals surface area contributed by atoms with Crippen molar-refractivity contribution in [3.05, 3.63) is 62.3 Å². The van der Waals surface area contributed by atoms with Crippen molar-refractivity contribution < 1.29 is 9.90 Å². The van der Waals surface area contributed by atoms with Gasteiger partial charge in [0.2, 0.25) is 0 Å². The zero-order valence-electron chi connectivity index (χ0n) is 15.0. The smallest absolute Gasteiger partial charge is 0.308 e. The maximum absolute atomic E-state index is 11.2. The summed E-state index contributed by atoms with van der Waals surface area (Å²) >= 11 is 1.69. The van der Waals surface area contributed by atoms with Gasteiger partial charge in [-0.25, -0.2) is 0 Å². The van der Waals surface area contributed by atoms with E-state index >= 15 is 0 Å². The predicted octanol–water partition coefficient (Wildman–Crippen LogP) is 4.42. The van der Waals surface area contributed by atoms with E-state index in [1.807, 2.05) is 0 Å². The van der Waals surface area contributed by atoms with E-state index in [-0.39, 0.29) is 18.8 Å². The molecule has 26 heavy (non-hydrogen) atoms. The maximum Gasteiger partial charge on any atom is 0.308 e. The Bertz CT molecular complexity index is 845. The lowest BCUT2D eigenvalue weighted by atomic mass is 9.90. The monoisotopic (exact) mass is 389 g/mol. The van der Waals surface area contributed by atoms with Crippen LogP contribution < -0.4 is 0 Å². The second-order valence-electron chi connectivity index (χ2n) is 7.08. The molecule has 3 nitrogen and oxygen atoms in total. The molecule has 1 aromatic heterocycles. The standard InChI is InChI=1S/C21H23NO2S.ClH/c1-22-10-8-15(9-11-22)20-18-5-3-2-4-14(18)6-7-16-12-17(13-19(23)24)25-21(16)20;/h2-5,12H,6-11,13H2,1H3,(H,23,24);1H. The number of fused-ring (bicyclic) bond motifs is 2. The van der Waals surface area contributed by atoms with E-state index in [1.165, 1.54) is 32.7 Å². The number of piperidine rings is 1. The first-order valence-electron chi connectivity index (χ1n) is 8.94. The predicted molar refractivity (Wildman–Crippen MR) is 110 cm³/mol. The lowest BCUT2D eigenvalue weighted by Crippen LogP contribution is -2.26. The number of aryl methyl sites for hydroxylation is 2. The minimum atomic E-state index is -0.745. The number of carboxylic acids is 1. The normalized spacial score (nSPS) is 17.1. The number of halogens is 1. The number of nitrogens with zero attached hydrogens (tertiary/aromatic N) is 1. The Morgan fingerprint density at radius 3 is 2.54 bits per heavy atom. The van der Waals surface area contributed by atoms with E-state index in [2.05, 4.69) is 42.3 Å². The van der Waals surface area contributed by atoms with E-state index in [4.69, 9.17) is 0 Å². The Morgan fingerprint density at radius 1 is 1.12 bits per heavy atom. The first kappa shape index (κ1) is 19.2. The highest BCUT2D eigenvalue weighted by atomic mass is 35.5. The first-order chi connectivity index (χ1) is 12.1. The fourth-order valence-corrected chi connectivity index (χ4v) is 5.29. The number of likely N-dealkylation sites (tertiary alicyclic amines) is 1. The molecule has 1 N–H and O–H groups in total. The van der Waals surface area contributed by atoms with Crippen molar-refractivity contribution in [1.29, 1.82) is 0 Å². The van der Waals surface area contributed by atoms with Crippen LogP contribution in [0.5, 0.6) is 0 Å². The molecule has 5 heteroatoms. The van der Waals surface area contributed by atoms with E-state index < -0.39 is 5.97 Å². The quantitative estimate of drug-likeness (QED) is 0.826. The summed E-state index contributed by atoms with van der Waals surface area (Å²) in [6, 6.07) is 10.9. The Kier molecular flexibility index (Phi) is 5.86. The molecule has 1 aliphatic heterocycles. The van der Waals surface area contributed by atoms with Gasteiger partial charge in [-0.3, -0.25) is 4.79 Å². The molecule has 2 aromatic rings. The molecular weight excluding hydrogens is 366 g/mol. The van der Waals surface area contributed by atoms with Crippen LogP contribution in [0.2, 0.25) is 0 Å². The van der Waals surface area contributed by atoms with Crippen LogP contribution in [0.3, 0.4) is 0 Å². The van der Waals surface area contributed by atoms with Crippen molar-refractivity contribution in [3.8, 4) is 0 Å². The van der Waals surface area contributed by atoms with Crippen LogP contribution in [0.15, 0.2) is 35.9 Å². The van der Waals surface area contributed by atoms with Crippen molar-refractivity contribution in [2.24, 2.45) is 0 Å². The van der Waals surface area contributed by atoms with Crippen LogP contribution in [0, 0.1) is 0 Å². The summed E-state index contributed by atoms with van der Waals surface area (Å²) in [5, 5.41) is 9.17. The van der Waals surface area contributed by atoms with Gasteiger partial charge in [-0.15, -0.1) is 23.7 Å². The molecule has 0 bridgehead atoms. The summed E-state index contributed by atoms with van der Waals surface area (Å²) in [6.45, 7) is 2.20. The first-order valence-corrected chi connectivity index (χ1v) is 9.76. The van der Waals surface area contributed by atoms with Gasteiger partial charge in [-0.2, -0.15) is 0 Å². The molecule has 2 aliphatic rings. The number of hydrogen-bond acceptors (Lipinski definition) is 3. The number of carboxylic acid groups (broad SMARTS) is 1.